The second-order valence-corrected chi connectivity index (χ2v) is 24.7. The standard InChI is InChI=1S/C87H74N2O2/c1-8-25-72(85-55-66-31-22-23-35-84(66)90-85)58(9-2)26-16-15-21-32-76-78-54-65(63-36-38-64(39-37-63)73-33-24-34-77-71(10-3)83(12-5)91-86(73)77)44-53-82(78)89(81(76)11-4)70-50-52-75-74-51-49-69(56-79(74)87(6,7)80(75)57-70)88(67-45-40-61(41-46-67)59-27-17-13-18-28-59)68-47-42-62(43-48-68)60-29-19-14-20-30-60/h8-14,16-38,40-56,64,76,80-81H,1,3-5,15,39,57H2,2,6-7H3/b26-16-,32-21+,58-9+,72-25-. The van der Waals surface area contributed by atoms with Crippen molar-refractivity contribution in [3.05, 3.63) is 356 Å². The van der Waals surface area contributed by atoms with Gasteiger partial charge in [-0.1, -0.05) is 246 Å². The summed E-state index contributed by atoms with van der Waals surface area (Å²) in [6, 6.07) is 70.3. The predicted octanol–water partition coefficient (Wildman–Crippen LogP) is 23.9. The minimum atomic E-state index is -0.183. The van der Waals surface area contributed by atoms with Crippen molar-refractivity contribution in [2.45, 2.75) is 63.3 Å². The molecule has 3 heterocycles. The zero-order valence-electron chi connectivity index (χ0n) is 52.1. The van der Waals surface area contributed by atoms with Gasteiger partial charge in [-0.15, -0.1) is 6.58 Å². The van der Waals surface area contributed by atoms with E-state index in [1.54, 1.807) is 6.08 Å². The largest absolute Gasteiger partial charge is 0.456 e. The Kier molecular flexibility index (Phi) is 15.8. The van der Waals surface area contributed by atoms with E-state index in [4.69, 9.17) is 8.83 Å². The number of anilines is 4. The number of hydrogen-bond acceptors (Lipinski definition) is 4. The normalized spacial score (nSPS) is 18.5. The molecule has 0 spiro atoms. The molecule has 8 aromatic carbocycles. The van der Waals surface area contributed by atoms with Crippen LogP contribution in [0, 0.1) is 5.92 Å². The highest BCUT2D eigenvalue weighted by Crippen LogP contribution is 2.57. The minimum Gasteiger partial charge on any atom is -0.456 e. The number of furan rings is 2. The van der Waals surface area contributed by atoms with Crippen LogP contribution in [0.4, 0.5) is 22.7 Å². The van der Waals surface area contributed by atoms with Gasteiger partial charge in [-0.25, -0.2) is 0 Å². The fraction of sp³-hybridized carbons (Fsp3) is 0.126. The lowest BCUT2D eigenvalue weighted by Gasteiger charge is -2.37. The Labute approximate surface area is 536 Å². The lowest BCUT2D eigenvalue weighted by Crippen LogP contribution is -2.35. The van der Waals surface area contributed by atoms with Crippen molar-refractivity contribution in [1.82, 2.24) is 0 Å². The van der Waals surface area contributed by atoms with Gasteiger partial charge < -0.3 is 18.6 Å². The lowest BCUT2D eigenvalue weighted by molar-refractivity contribution is 0.404. The van der Waals surface area contributed by atoms with Crippen LogP contribution in [-0.4, -0.2) is 6.04 Å². The summed E-state index contributed by atoms with van der Waals surface area (Å²) in [5.74, 6) is 2.04. The smallest absolute Gasteiger partial charge is 0.139 e. The van der Waals surface area contributed by atoms with Crippen molar-refractivity contribution in [2.24, 2.45) is 5.92 Å². The number of hydrogen-bond donors (Lipinski definition) is 0. The van der Waals surface area contributed by atoms with Gasteiger partial charge in [0.05, 0.1) is 6.04 Å². The third-order valence-electron chi connectivity index (χ3n) is 19.3. The van der Waals surface area contributed by atoms with Gasteiger partial charge in [0, 0.05) is 67.8 Å². The van der Waals surface area contributed by atoms with E-state index < -0.39 is 0 Å². The third kappa shape index (κ3) is 10.7. The molecule has 0 fully saturated rings. The average molecular weight is 1180 g/mol. The number of nitrogens with zero attached hydrogens (tertiary/aromatic N) is 2. The molecule has 0 amide bonds. The van der Waals surface area contributed by atoms with Gasteiger partial charge in [0.1, 0.15) is 22.7 Å². The number of benzene rings is 8. The molecule has 4 atom stereocenters. The second-order valence-electron chi connectivity index (χ2n) is 24.7. The molecule has 4 heteroatoms. The number of allylic oxidation sites excluding steroid dienone is 16. The first kappa shape index (κ1) is 58.0. The molecule has 0 bridgehead atoms. The fourth-order valence-corrected chi connectivity index (χ4v) is 14.6. The SMILES string of the molecule is C=C/C=C(C(/C=C\C/C=C/C1c2cc(C3=CCC(c4cccc5c(C=C)c(C=C)oc45)C=C3)ccc2N(C2=CC=C3c4ccc(N(c5ccc(-c6ccccc6)cc5)c5ccc(-c6ccccc6)cc5)cc4C(C)(C)C3C2)C1C=C)=C/C)\c1cc2ccccc2o1. The highest BCUT2D eigenvalue weighted by atomic mass is 16.3. The minimum absolute atomic E-state index is 0.0171. The van der Waals surface area contributed by atoms with Gasteiger partial charge >= 0.3 is 0 Å². The Bertz CT molecular complexity index is 4620. The summed E-state index contributed by atoms with van der Waals surface area (Å²) in [7, 11) is 0. The molecule has 4 unspecified atom stereocenters. The van der Waals surface area contributed by atoms with E-state index in [2.05, 4.69) is 300 Å². The highest BCUT2D eigenvalue weighted by molar-refractivity contribution is 5.94. The summed E-state index contributed by atoms with van der Waals surface area (Å²) in [5.41, 5.74) is 24.3. The molecule has 0 radical (unpaired) electrons. The fourth-order valence-electron chi connectivity index (χ4n) is 14.6. The summed E-state index contributed by atoms with van der Waals surface area (Å²) in [6.07, 6.45) is 35.4. The van der Waals surface area contributed by atoms with E-state index in [1.807, 2.05) is 36.4 Å². The van der Waals surface area contributed by atoms with Crippen molar-refractivity contribution < 1.29 is 8.83 Å². The molecule has 2 aromatic heterocycles. The Morgan fingerprint density at radius 2 is 1.35 bits per heavy atom. The van der Waals surface area contributed by atoms with Crippen LogP contribution in [0.1, 0.15) is 96.8 Å². The maximum atomic E-state index is 6.42. The average Bonchev–Trinajstić information content (AvgIpc) is 1.59. The molecule has 0 saturated carbocycles. The van der Waals surface area contributed by atoms with Crippen LogP contribution in [0.2, 0.25) is 0 Å². The molecular weight excluding hydrogens is 1100 g/mol. The monoisotopic (exact) mass is 1180 g/mol. The molecule has 91 heavy (non-hydrogen) atoms. The maximum Gasteiger partial charge on any atom is 0.139 e. The molecule has 0 saturated heterocycles. The van der Waals surface area contributed by atoms with E-state index in [-0.39, 0.29) is 29.2 Å². The van der Waals surface area contributed by atoms with Crippen LogP contribution in [0.3, 0.4) is 0 Å². The highest BCUT2D eigenvalue weighted by Gasteiger charge is 2.47. The first-order valence-corrected chi connectivity index (χ1v) is 31.9. The van der Waals surface area contributed by atoms with Crippen LogP contribution >= 0.6 is 0 Å². The summed E-state index contributed by atoms with van der Waals surface area (Å²) in [6.45, 7) is 23.8. The molecular formula is C87H74N2O2. The Balaban J connectivity index is 0.782. The van der Waals surface area contributed by atoms with Crippen LogP contribution in [0.25, 0.3) is 73.1 Å². The molecule has 3 aliphatic carbocycles. The van der Waals surface area contributed by atoms with Gasteiger partial charge in [-0.05, 0) is 172 Å². The lowest BCUT2D eigenvalue weighted by atomic mass is 9.73. The first-order valence-electron chi connectivity index (χ1n) is 31.9. The van der Waals surface area contributed by atoms with Gasteiger partial charge in [-0.2, -0.15) is 0 Å². The van der Waals surface area contributed by atoms with Crippen molar-refractivity contribution >= 4 is 73.6 Å². The van der Waals surface area contributed by atoms with Crippen LogP contribution in [0.5, 0.6) is 0 Å². The van der Waals surface area contributed by atoms with Gasteiger partial charge in [0.2, 0.25) is 0 Å². The predicted molar refractivity (Wildman–Crippen MR) is 387 cm³/mol. The Morgan fingerprint density at radius 3 is 2.01 bits per heavy atom. The summed E-state index contributed by atoms with van der Waals surface area (Å²) >= 11 is 0. The van der Waals surface area contributed by atoms with E-state index in [0.29, 0.717) is 0 Å². The molecule has 14 rings (SSSR count). The Hall–Kier alpha value is -10.7. The topological polar surface area (TPSA) is 32.8 Å². The van der Waals surface area contributed by atoms with Gasteiger partial charge in [0.25, 0.3) is 0 Å². The third-order valence-corrected chi connectivity index (χ3v) is 19.3. The summed E-state index contributed by atoms with van der Waals surface area (Å²) in [5, 5.41) is 2.14. The zero-order chi connectivity index (χ0) is 62.2. The van der Waals surface area contributed by atoms with Crippen molar-refractivity contribution in [3.8, 4) is 22.3 Å². The Morgan fingerprint density at radius 1 is 0.659 bits per heavy atom. The second kappa shape index (κ2) is 24.7. The molecule has 4 nitrogen and oxygen atoms in total. The van der Waals surface area contributed by atoms with Crippen LogP contribution in [-0.2, 0) is 5.41 Å². The van der Waals surface area contributed by atoms with E-state index in [0.717, 1.165) is 86.5 Å². The quantitative estimate of drug-likeness (QED) is 0.0633. The maximum absolute atomic E-state index is 6.42. The van der Waals surface area contributed by atoms with Crippen molar-refractivity contribution in [2.75, 3.05) is 9.80 Å². The molecule has 444 valence electrons. The molecule has 1 aliphatic heterocycles. The summed E-state index contributed by atoms with van der Waals surface area (Å²) < 4.78 is 12.8. The van der Waals surface area contributed by atoms with Crippen LogP contribution in [0.15, 0.2) is 320 Å². The number of fused-ring (bicyclic) bond motifs is 6. The first-order chi connectivity index (χ1) is 44.7. The zero-order valence-corrected chi connectivity index (χ0v) is 52.1. The van der Waals surface area contributed by atoms with Gasteiger partial charge in [0.15, 0.2) is 0 Å². The molecule has 10 aromatic rings. The number of para-hydroxylation sites is 2. The van der Waals surface area contributed by atoms with E-state index in [1.165, 1.54) is 72.6 Å². The van der Waals surface area contributed by atoms with E-state index in [9.17, 15) is 0 Å². The van der Waals surface area contributed by atoms with Crippen LogP contribution < -0.4 is 9.80 Å². The molecule has 4 aliphatic rings. The van der Waals surface area contributed by atoms with Crippen molar-refractivity contribution in [1.29, 1.82) is 0 Å². The molecule has 0 N–H and O–H groups in total. The van der Waals surface area contributed by atoms with Gasteiger partial charge in [-0.3, -0.25) is 0 Å². The van der Waals surface area contributed by atoms with E-state index >= 15 is 0 Å². The number of rotatable bonds is 18. The van der Waals surface area contributed by atoms with Crippen molar-refractivity contribution in [3.63, 3.8) is 0 Å². The summed E-state index contributed by atoms with van der Waals surface area (Å²) in [4.78, 5) is 5.02.